The van der Waals surface area contributed by atoms with E-state index in [-0.39, 0.29) is 23.0 Å². The molecule has 0 saturated carbocycles. The van der Waals surface area contributed by atoms with Crippen LogP contribution in [0.15, 0.2) is 24.5 Å². The van der Waals surface area contributed by atoms with Crippen molar-refractivity contribution in [1.82, 2.24) is 30.2 Å². The van der Waals surface area contributed by atoms with Gasteiger partial charge in [0.05, 0.1) is 24.2 Å². The standard InChI is InChI=1S/C22H28F2N8O3/c1-11(29-21(33)34-5)9-28-20-26-7-6-13(30-20)16-15(31-18(32-16)22(2,3)4)12-8-14(35-19(23)24)17(25)27-10-12/h6-8,10-11,19H,9H2,1-5H3,(H2,25,27)(H,29,33)(H,31,32)(H,26,28,30)/t11-/m0/s1. The van der Waals surface area contributed by atoms with Gasteiger partial charge >= 0.3 is 12.7 Å². The number of hydrogen-bond donors (Lipinski definition) is 4. The van der Waals surface area contributed by atoms with Gasteiger partial charge in [0.15, 0.2) is 11.6 Å². The number of nitrogens with one attached hydrogen (secondary N) is 3. The van der Waals surface area contributed by atoms with Crippen LogP contribution in [-0.2, 0) is 10.2 Å². The molecule has 3 heterocycles. The lowest BCUT2D eigenvalue weighted by molar-refractivity contribution is -0.0494. The number of nitrogen functional groups attached to an aromatic ring is 1. The van der Waals surface area contributed by atoms with Gasteiger partial charge in [-0.1, -0.05) is 20.8 Å². The molecule has 0 aliphatic heterocycles. The third kappa shape index (κ3) is 6.52. The molecule has 0 unspecified atom stereocenters. The number of alkyl carbamates (subject to hydrolysis) is 1. The number of aromatic amines is 1. The highest BCUT2D eigenvalue weighted by atomic mass is 19.3. The van der Waals surface area contributed by atoms with Crippen LogP contribution in [-0.4, -0.2) is 57.3 Å². The van der Waals surface area contributed by atoms with Gasteiger partial charge in [0.2, 0.25) is 5.95 Å². The first kappa shape index (κ1) is 25.6. The summed E-state index contributed by atoms with van der Waals surface area (Å²) in [4.78, 5) is 32.1. The lowest BCUT2D eigenvalue weighted by Gasteiger charge is -2.14. The van der Waals surface area contributed by atoms with Crippen molar-refractivity contribution in [3.63, 3.8) is 0 Å². The number of pyridine rings is 1. The number of rotatable bonds is 8. The minimum Gasteiger partial charge on any atom is -0.453 e. The van der Waals surface area contributed by atoms with Crippen LogP contribution in [0.1, 0.15) is 33.5 Å². The fourth-order valence-corrected chi connectivity index (χ4v) is 3.04. The molecule has 0 fully saturated rings. The van der Waals surface area contributed by atoms with E-state index < -0.39 is 12.7 Å². The molecule has 11 nitrogen and oxygen atoms in total. The van der Waals surface area contributed by atoms with Gasteiger partial charge in [-0.2, -0.15) is 8.78 Å². The van der Waals surface area contributed by atoms with Crippen LogP contribution < -0.4 is 21.1 Å². The van der Waals surface area contributed by atoms with Crippen molar-refractivity contribution in [2.24, 2.45) is 0 Å². The highest BCUT2D eigenvalue weighted by Gasteiger charge is 2.24. The first-order valence-electron chi connectivity index (χ1n) is 10.7. The van der Waals surface area contributed by atoms with E-state index in [1.165, 1.54) is 19.4 Å². The van der Waals surface area contributed by atoms with Crippen LogP contribution in [0.25, 0.3) is 22.6 Å². The van der Waals surface area contributed by atoms with Gasteiger partial charge < -0.3 is 30.8 Å². The predicted molar refractivity (Wildman–Crippen MR) is 126 cm³/mol. The molecule has 0 aliphatic carbocycles. The molecule has 3 rings (SSSR count). The van der Waals surface area contributed by atoms with Gasteiger partial charge in [0.1, 0.15) is 5.82 Å². The van der Waals surface area contributed by atoms with Crippen molar-refractivity contribution in [2.75, 3.05) is 24.7 Å². The van der Waals surface area contributed by atoms with E-state index >= 15 is 0 Å². The molecule has 188 valence electrons. The number of hydrogen-bond acceptors (Lipinski definition) is 9. The average molecular weight is 491 g/mol. The lowest BCUT2D eigenvalue weighted by Crippen LogP contribution is -2.37. The van der Waals surface area contributed by atoms with E-state index in [0.29, 0.717) is 41.0 Å². The third-order valence-corrected chi connectivity index (χ3v) is 4.81. The van der Waals surface area contributed by atoms with Gasteiger partial charge in [-0.15, -0.1) is 0 Å². The molecule has 13 heteroatoms. The third-order valence-electron chi connectivity index (χ3n) is 4.81. The summed E-state index contributed by atoms with van der Waals surface area (Å²) in [5.41, 5.74) is 7.24. The quantitative estimate of drug-likeness (QED) is 0.371. The fraction of sp³-hybridized carbons (Fsp3) is 0.409. The predicted octanol–water partition coefficient (Wildman–Crippen LogP) is 3.57. The number of halogens is 2. The number of H-pyrrole nitrogens is 1. The van der Waals surface area contributed by atoms with Crippen molar-refractivity contribution in [3.05, 3.63) is 30.4 Å². The molecular formula is C22H28F2N8O3. The van der Waals surface area contributed by atoms with E-state index in [1.807, 2.05) is 20.8 Å². The number of imidazole rings is 1. The van der Waals surface area contributed by atoms with Crippen molar-refractivity contribution in [3.8, 4) is 28.4 Å². The number of methoxy groups -OCH3 is 1. The van der Waals surface area contributed by atoms with E-state index in [9.17, 15) is 13.6 Å². The Balaban J connectivity index is 1.98. The second kappa shape index (κ2) is 10.5. The molecule has 0 bridgehead atoms. The van der Waals surface area contributed by atoms with Crippen molar-refractivity contribution < 1.29 is 23.0 Å². The van der Waals surface area contributed by atoms with Crippen LogP contribution in [0.4, 0.5) is 25.3 Å². The minimum atomic E-state index is -3.05. The van der Waals surface area contributed by atoms with Gasteiger partial charge in [0, 0.05) is 36.0 Å². The summed E-state index contributed by atoms with van der Waals surface area (Å²) < 4.78 is 34.7. The molecule has 0 aliphatic rings. The summed E-state index contributed by atoms with van der Waals surface area (Å²) in [5, 5.41) is 5.70. The van der Waals surface area contributed by atoms with Crippen LogP contribution in [0, 0.1) is 0 Å². The molecular weight excluding hydrogens is 462 g/mol. The number of nitrogens with zero attached hydrogens (tertiary/aromatic N) is 4. The average Bonchev–Trinajstić information content (AvgIpc) is 3.25. The van der Waals surface area contributed by atoms with Crippen LogP contribution >= 0.6 is 0 Å². The topological polar surface area (TPSA) is 153 Å². The zero-order chi connectivity index (χ0) is 25.8. The van der Waals surface area contributed by atoms with E-state index in [2.05, 4.69) is 40.0 Å². The summed E-state index contributed by atoms with van der Waals surface area (Å²) in [6, 6.07) is 2.80. The summed E-state index contributed by atoms with van der Waals surface area (Å²) in [6.45, 7) is 5.03. The SMILES string of the molecule is COC(=O)N[C@@H](C)CNc1nccc(-c2[nH]c(C(C)(C)C)nc2-c2cnc(N)c(OC(F)F)c2)n1. The van der Waals surface area contributed by atoms with Crippen molar-refractivity contribution >= 4 is 17.9 Å². The smallest absolute Gasteiger partial charge is 0.407 e. The number of carbonyl (C=O) groups is 1. The highest BCUT2D eigenvalue weighted by Crippen LogP contribution is 2.35. The Bertz CT molecular complexity index is 1180. The first-order chi connectivity index (χ1) is 16.5. The molecule has 0 radical (unpaired) electrons. The Hall–Kier alpha value is -4.03. The summed E-state index contributed by atoms with van der Waals surface area (Å²) in [6.07, 6.45) is 2.45. The van der Waals surface area contributed by atoms with E-state index in [4.69, 9.17) is 10.7 Å². The Kier molecular flexibility index (Phi) is 7.67. The van der Waals surface area contributed by atoms with Gasteiger partial charge in [0.25, 0.3) is 0 Å². The maximum atomic E-state index is 12.8. The van der Waals surface area contributed by atoms with Crippen LogP contribution in [0.5, 0.6) is 5.75 Å². The molecule has 35 heavy (non-hydrogen) atoms. The molecule has 0 aromatic carbocycles. The Morgan fingerprint density at radius 3 is 2.66 bits per heavy atom. The molecule has 0 saturated heterocycles. The number of aromatic nitrogens is 5. The molecule has 1 atom stereocenters. The number of anilines is 2. The van der Waals surface area contributed by atoms with Crippen LogP contribution in [0.3, 0.4) is 0 Å². The molecule has 1 amide bonds. The zero-order valence-corrected chi connectivity index (χ0v) is 20.0. The summed E-state index contributed by atoms with van der Waals surface area (Å²) in [7, 11) is 1.29. The number of nitrogens with two attached hydrogens (primary N) is 1. The second-order valence-electron chi connectivity index (χ2n) is 8.73. The normalized spacial score (nSPS) is 12.3. The summed E-state index contributed by atoms with van der Waals surface area (Å²) >= 11 is 0. The number of carbonyl (C=O) groups excluding carboxylic acids is 1. The van der Waals surface area contributed by atoms with Crippen LogP contribution in [0.2, 0.25) is 0 Å². The van der Waals surface area contributed by atoms with Crippen molar-refractivity contribution in [2.45, 2.75) is 45.8 Å². The number of alkyl halides is 2. The fourth-order valence-electron chi connectivity index (χ4n) is 3.04. The van der Waals surface area contributed by atoms with Gasteiger partial charge in [-0.25, -0.2) is 24.7 Å². The number of amides is 1. The molecule has 5 N–H and O–H groups in total. The second-order valence-corrected chi connectivity index (χ2v) is 8.73. The Morgan fingerprint density at radius 1 is 1.26 bits per heavy atom. The maximum absolute atomic E-state index is 12.8. The van der Waals surface area contributed by atoms with Crippen molar-refractivity contribution in [1.29, 1.82) is 0 Å². The maximum Gasteiger partial charge on any atom is 0.407 e. The minimum absolute atomic E-state index is 0.162. The zero-order valence-electron chi connectivity index (χ0n) is 20.0. The Morgan fingerprint density at radius 2 is 2.00 bits per heavy atom. The summed E-state index contributed by atoms with van der Waals surface area (Å²) in [5.74, 6) is 0.557. The lowest BCUT2D eigenvalue weighted by atomic mass is 9.96. The Labute approximate surface area is 200 Å². The first-order valence-corrected chi connectivity index (χ1v) is 10.7. The monoisotopic (exact) mass is 490 g/mol. The molecule has 3 aromatic rings. The van der Waals surface area contributed by atoms with E-state index in [1.54, 1.807) is 19.2 Å². The largest absolute Gasteiger partial charge is 0.453 e. The molecule has 3 aromatic heterocycles. The van der Waals surface area contributed by atoms with E-state index in [0.717, 1.165) is 0 Å². The van der Waals surface area contributed by atoms with Gasteiger partial charge in [-0.05, 0) is 19.1 Å². The van der Waals surface area contributed by atoms with Gasteiger partial charge in [-0.3, -0.25) is 0 Å². The highest BCUT2D eigenvalue weighted by molar-refractivity contribution is 5.78. The molecule has 0 spiro atoms. The number of ether oxygens (including phenoxy) is 2.